The molecule has 2 fully saturated rings. The summed E-state index contributed by atoms with van der Waals surface area (Å²) in [5, 5.41) is 9.20. The summed E-state index contributed by atoms with van der Waals surface area (Å²) in [6.45, 7) is 13.1. The van der Waals surface area contributed by atoms with Gasteiger partial charge in [-0.25, -0.2) is 4.68 Å². The maximum atomic E-state index is 12.8. The van der Waals surface area contributed by atoms with Crippen molar-refractivity contribution in [2.45, 2.75) is 52.7 Å². The number of hydrogen-bond donors (Lipinski definition) is 0. The van der Waals surface area contributed by atoms with Gasteiger partial charge in [0.25, 0.3) is 5.56 Å². The zero-order valence-corrected chi connectivity index (χ0v) is 17.8. The number of likely N-dealkylation sites (tertiary alicyclic amines) is 1. The molecule has 1 atom stereocenters. The lowest BCUT2D eigenvalue weighted by Gasteiger charge is -2.33. The molecule has 0 aliphatic carbocycles. The molecule has 29 heavy (non-hydrogen) atoms. The van der Waals surface area contributed by atoms with Crippen molar-refractivity contribution in [1.29, 1.82) is 0 Å². The number of aryl methyl sites for hydroxylation is 2. The number of aromatic nitrogens is 4. The van der Waals surface area contributed by atoms with Crippen molar-refractivity contribution in [1.82, 2.24) is 24.5 Å². The maximum Gasteiger partial charge on any atom is 0.269 e. The molecule has 0 amide bonds. The lowest BCUT2D eigenvalue weighted by Crippen LogP contribution is -2.41. The molecule has 0 spiro atoms. The SMILES string of the molecule is CCn1nc(C)c(CN2CCC[C@@H](n3ncc(N4CCOCC4)cc3=O)C2)c1C. The van der Waals surface area contributed by atoms with Gasteiger partial charge in [-0.1, -0.05) is 0 Å². The first-order chi connectivity index (χ1) is 14.1. The van der Waals surface area contributed by atoms with E-state index in [9.17, 15) is 4.79 Å². The second-order valence-corrected chi connectivity index (χ2v) is 8.09. The van der Waals surface area contributed by atoms with Gasteiger partial charge in [-0.3, -0.25) is 14.4 Å². The van der Waals surface area contributed by atoms with Gasteiger partial charge in [0.1, 0.15) is 0 Å². The first-order valence-corrected chi connectivity index (χ1v) is 10.7. The van der Waals surface area contributed by atoms with Crippen LogP contribution in [0.3, 0.4) is 0 Å². The maximum absolute atomic E-state index is 12.8. The summed E-state index contributed by atoms with van der Waals surface area (Å²) < 4.78 is 9.16. The first kappa shape index (κ1) is 20.1. The summed E-state index contributed by atoms with van der Waals surface area (Å²) in [7, 11) is 0. The normalized spacial score (nSPS) is 20.9. The van der Waals surface area contributed by atoms with E-state index in [1.54, 1.807) is 10.7 Å². The number of rotatable bonds is 5. The summed E-state index contributed by atoms with van der Waals surface area (Å²) in [4.78, 5) is 17.4. The minimum absolute atomic E-state index is 0.00740. The predicted molar refractivity (Wildman–Crippen MR) is 112 cm³/mol. The van der Waals surface area contributed by atoms with E-state index < -0.39 is 0 Å². The van der Waals surface area contributed by atoms with Crippen LogP contribution in [0.2, 0.25) is 0 Å². The van der Waals surface area contributed by atoms with Crippen LogP contribution in [-0.4, -0.2) is 63.9 Å². The van der Waals surface area contributed by atoms with E-state index in [1.165, 1.54) is 11.3 Å². The molecule has 0 radical (unpaired) electrons. The smallest absolute Gasteiger partial charge is 0.269 e. The molecular formula is C21H32N6O2. The summed E-state index contributed by atoms with van der Waals surface area (Å²) in [5.74, 6) is 0. The molecule has 2 aromatic rings. The van der Waals surface area contributed by atoms with Crippen LogP contribution in [0.15, 0.2) is 17.1 Å². The molecule has 0 N–H and O–H groups in total. The minimum atomic E-state index is -0.00740. The Hall–Kier alpha value is -2.19. The number of piperidine rings is 1. The number of hydrogen-bond acceptors (Lipinski definition) is 6. The van der Waals surface area contributed by atoms with Crippen molar-refractivity contribution in [3.05, 3.63) is 39.6 Å². The van der Waals surface area contributed by atoms with Gasteiger partial charge in [0.15, 0.2) is 0 Å². The van der Waals surface area contributed by atoms with Crippen molar-refractivity contribution >= 4 is 5.69 Å². The molecule has 0 saturated carbocycles. The molecule has 2 aliphatic rings. The average Bonchev–Trinajstić information content (AvgIpc) is 3.02. The molecule has 4 heterocycles. The quantitative estimate of drug-likeness (QED) is 0.762. The van der Waals surface area contributed by atoms with Gasteiger partial charge in [0.05, 0.1) is 36.8 Å². The molecule has 2 aromatic heterocycles. The van der Waals surface area contributed by atoms with E-state index in [4.69, 9.17) is 4.74 Å². The highest BCUT2D eigenvalue weighted by Gasteiger charge is 2.25. The van der Waals surface area contributed by atoms with E-state index in [-0.39, 0.29) is 11.6 Å². The highest BCUT2D eigenvalue weighted by Crippen LogP contribution is 2.24. The zero-order chi connectivity index (χ0) is 20.4. The molecule has 2 aliphatic heterocycles. The van der Waals surface area contributed by atoms with Gasteiger partial charge in [-0.15, -0.1) is 0 Å². The standard InChI is InChI=1S/C21H32N6O2/c1-4-26-17(3)20(16(2)23-26)15-24-7-5-6-18(14-24)27-21(28)12-19(13-22-27)25-8-10-29-11-9-25/h12-13,18H,4-11,14-15H2,1-3H3/t18-/m1/s1. The number of anilines is 1. The van der Waals surface area contributed by atoms with Crippen molar-refractivity contribution < 1.29 is 4.74 Å². The Kier molecular flexibility index (Phi) is 6.01. The number of nitrogens with zero attached hydrogens (tertiary/aromatic N) is 6. The van der Waals surface area contributed by atoms with Crippen molar-refractivity contribution in [2.24, 2.45) is 0 Å². The Bertz CT molecular complexity index is 899. The van der Waals surface area contributed by atoms with Gasteiger partial charge in [0, 0.05) is 50.0 Å². The fraction of sp³-hybridized carbons (Fsp3) is 0.667. The largest absolute Gasteiger partial charge is 0.378 e. The third-order valence-corrected chi connectivity index (χ3v) is 6.23. The van der Waals surface area contributed by atoms with Gasteiger partial charge in [0.2, 0.25) is 0 Å². The van der Waals surface area contributed by atoms with E-state index >= 15 is 0 Å². The van der Waals surface area contributed by atoms with Crippen LogP contribution in [0, 0.1) is 13.8 Å². The molecule has 0 unspecified atom stereocenters. The molecular weight excluding hydrogens is 368 g/mol. The summed E-state index contributed by atoms with van der Waals surface area (Å²) >= 11 is 0. The highest BCUT2D eigenvalue weighted by atomic mass is 16.5. The molecule has 8 heteroatoms. The topological polar surface area (TPSA) is 68.4 Å². The van der Waals surface area contributed by atoms with Crippen LogP contribution in [-0.2, 0) is 17.8 Å². The average molecular weight is 401 g/mol. The van der Waals surface area contributed by atoms with Crippen molar-refractivity contribution in [2.75, 3.05) is 44.3 Å². The Labute approximate surface area is 172 Å². The second kappa shape index (κ2) is 8.67. The molecule has 2 saturated heterocycles. The van der Waals surface area contributed by atoms with Crippen molar-refractivity contribution in [3.8, 4) is 0 Å². The fourth-order valence-corrected chi connectivity index (χ4v) is 4.55. The Morgan fingerprint density at radius 2 is 2.00 bits per heavy atom. The predicted octanol–water partition coefficient (Wildman–Crippen LogP) is 1.75. The van der Waals surface area contributed by atoms with Crippen LogP contribution in [0.25, 0.3) is 0 Å². The van der Waals surface area contributed by atoms with Crippen LogP contribution in [0.1, 0.15) is 42.8 Å². The fourth-order valence-electron chi connectivity index (χ4n) is 4.55. The number of morpholine rings is 1. The van der Waals surface area contributed by atoms with E-state index in [1.807, 2.05) is 6.20 Å². The summed E-state index contributed by atoms with van der Waals surface area (Å²) in [5.41, 5.74) is 4.57. The number of ether oxygens (including phenoxy) is 1. The lowest BCUT2D eigenvalue weighted by molar-refractivity contribution is 0.122. The van der Waals surface area contributed by atoms with Gasteiger partial charge in [-0.2, -0.15) is 10.2 Å². The molecule has 0 aromatic carbocycles. The Morgan fingerprint density at radius 1 is 1.21 bits per heavy atom. The van der Waals surface area contributed by atoms with E-state index in [0.717, 1.165) is 63.5 Å². The summed E-state index contributed by atoms with van der Waals surface area (Å²) in [6, 6.07) is 1.86. The van der Waals surface area contributed by atoms with Crippen LogP contribution >= 0.6 is 0 Å². The van der Waals surface area contributed by atoms with Gasteiger partial charge < -0.3 is 9.64 Å². The van der Waals surface area contributed by atoms with Gasteiger partial charge in [-0.05, 0) is 40.2 Å². The third kappa shape index (κ3) is 4.23. The second-order valence-electron chi connectivity index (χ2n) is 8.09. The Balaban J connectivity index is 1.47. The lowest BCUT2D eigenvalue weighted by atomic mass is 10.0. The van der Waals surface area contributed by atoms with Crippen LogP contribution in [0.5, 0.6) is 0 Å². The summed E-state index contributed by atoms with van der Waals surface area (Å²) in [6.07, 6.45) is 3.90. The molecule has 4 rings (SSSR count). The monoisotopic (exact) mass is 400 g/mol. The first-order valence-electron chi connectivity index (χ1n) is 10.7. The third-order valence-electron chi connectivity index (χ3n) is 6.23. The molecule has 8 nitrogen and oxygen atoms in total. The van der Waals surface area contributed by atoms with Crippen molar-refractivity contribution in [3.63, 3.8) is 0 Å². The van der Waals surface area contributed by atoms with Crippen LogP contribution in [0.4, 0.5) is 5.69 Å². The van der Waals surface area contributed by atoms with Gasteiger partial charge >= 0.3 is 0 Å². The Morgan fingerprint density at radius 3 is 2.69 bits per heavy atom. The molecule has 0 bridgehead atoms. The highest BCUT2D eigenvalue weighted by molar-refractivity contribution is 5.43. The minimum Gasteiger partial charge on any atom is -0.378 e. The van der Waals surface area contributed by atoms with E-state index in [2.05, 4.69) is 45.5 Å². The van der Waals surface area contributed by atoms with Crippen LogP contribution < -0.4 is 10.5 Å². The van der Waals surface area contributed by atoms with E-state index in [0.29, 0.717) is 13.2 Å². The molecule has 158 valence electrons. The zero-order valence-electron chi connectivity index (χ0n) is 17.8.